The molecule has 0 aromatic heterocycles. The first-order chi connectivity index (χ1) is 9.63. The van der Waals surface area contributed by atoms with Crippen LogP contribution in [0.1, 0.15) is 11.1 Å². The molecule has 1 N–H and O–H groups in total. The number of rotatable bonds is 5. The Morgan fingerprint density at radius 1 is 1.20 bits per heavy atom. The van der Waals surface area contributed by atoms with E-state index in [0.29, 0.717) is 16.9 Å². The fourth-order valence-corrected chi connectivity index (χ4v) is 2.01. The molecule has 0 spiro atoms. The maximum absolute atomic E-state index is 11.0. The van der Waals surface area contributed by atoms with Crippen LogP contribution in [-0.2, 0) is 13.2 Å². The molecule has 0 saturated carbocycles. The van der Waals surface area contributed by atoms with Crippen molar-refractivity contribution < 1.29 is 14.8 Å². The summed E-state index contributed by atoms with van der Waals surface area (Å²) in [6.07, 6.45) is 0. The Balaban J connectivity index is 2.25. The van der Waals surface area contributed by atoms with E-state index in [1.165, 1.54) is 12.1 Å². The molecule has 0 atom stereocenters. The zero-order valence-electron chi connectivity index (χ0n) is 10.5. The molecular formula is C14H12ClNO4. The molecule has 5 nitrogen and oxygen atoms in total. The van der Waals surface area contributed by atoms with Gasteiger partial charge in [-0.3, -0.25) is 10.1 Å². The first-order valence-corrected chi connectivity index (χ1v) is 6.24. The van der Waals surface area contributed by atoms with Crippen molar-refractivity contribution in [3.05, 3.63) is 68.7 Å². The highest BCUT2D eigenvalue weighted by molar-refractivity contribution is 6.31. The van der Waals surface area contributed by atoms with Gasteiger partial charge in [0.1, 0.15) is 12.4 Å². The Morgan fingerprint density at radius 3 is 2.65 bits per heavy atom. The average molecular weight is 294 g/mol. The summed E-state index contributed by atoms with van der Waals surface area (Å²) in [5.41, 5.74) is 0.841. The maximum Gasteiger partial charge on any atom is 0.277 e. The van der Waals surface area contributed by atoms with Crippen molar-refractivity contribution in [1.29, 1.82) is 0 Å². The van der Waals surface area contributed by atoms with Gasteiger partial charge in [-0.1, -0.05) is 35.9 Å². The van der Waals surface area contributed by atoms with E-state index in [0.717, 1.165) is 0 Å². The van der Waals surface area contributed by atoms with E-state index in [2.05, 4.69) is 0 Å². The van der Waals surface area contributed by atoms with Gasteiger partial charge < -0.3 is 9.84 Å². The lowest BCUT2D eigenvalue weighted by molar-refractivity contribution is -0.385. The third-order valence-electron chi connectivity index (χ3n) is 2.81. The molecule has 0 saturated heterocycles. The molecule has 20 heavy (non-hydrogen) atoms. The van der Waals surface area contributed by atoms with Gasteiger partial charge in [-0.15, -0.1) is 0 Å². The normalized spacial score (nSPS) is 10.3. The quantitative estimate of drug-likeness (QED) is 0.678. The second-order valence-corrected chi connectivity index (χ2v) is 4.46. The van der Waals surface area contributed by atoms with Crippen LogP contribution in [0.5, 0.6) is 5.75 Å². The van der Waals surface area contributed by atoms with E-state index in [4.69, 9.17) is 16.3 Å². The lowest BCUT2D eigenvalue weighted by Crippen LogP contribution is -2.03. The van der Waals surface area contributed by atoms with Gasteiger partial charge in [-0.25, -0.2) is 0 Å². The Kier molecular flexibility index (Phi) is 4.55. The number of aliphatic hydroxyl groups is 1. The van der Waals surface area contributed by atoms with Gasteiger partial charge >= 0.3 is 0 Å². The van der Waals surface area contributed by atoms with Gasteiger partial charge in [0.2, 0.25) is 0 Å². The van der Waals surface area contributed by atoms with Gasteiger partial charge in [-0.2, -0.15) is 0 Å². The molecule has 0 bridgehead atoms. The third-order valence-corrected chi connectivity index (χ3v) is 3.16. The van der Waals surface area contributed by atoms with Crippen LogP contribution in [0, 0.1) is 10.1 Å². The number of ether oxygens (including phenoxy) is 1. The van der Waals surface area contributed by atoms with Crippen molar-refractivity contribution in [3.8, 4) is 5.75 Å². The second-order valence-electron chi connectivity index (χ2n) is 4.05. The fraction of sp³-hybridized carbons (Fsp3) is 0.143. The predicted octanol–water partition coefficient (Wildman–Crippen LogP) is 3.32. The largest absolute Gasteiger partial charge is 0.488 e. The molecule has 0 radical (unpaired) electrons. The van der Waals surface area contributed by atoms with E-state index in [-0.39, 0.29) is 23.9 Å². The number of nitrogens with zero attached hydrogens (tertiary/aromatic N) is 1. The molecule has 0 aliphatic heterocycles. The monoisotopic (exact) mass is 293 g/mol. The molecule has 2 rings (SSSR count). The van der Waals surface area contributed by atoms with E-state index in [9.17, 15) is 15.2 Å². The van der Waals surface area contributed by atoms with Crippen molar-refractivity contribution in [1.82, 2.24) is 0 Å². The van der Waals surface area contributed by atoms with Crippen LogP contribution >= 0.6 is 11.6 Å². The Hall–Kier alpha value is -2.11. The Labute approximate surface area is 120 Å². The van der Waals surface area contributed by atoms with Gasteiger partial charge in [-0.05, 0) is 12.1 Å². The lowest BCUT2D eigenvalue weighted by Gasteiger charge is -2.11. The topological polar surface area (TPSA) is 72.6 Å². The highest BCUT2D eigenvalue weighted by Crippen LogP contribution is 2.28. The van der Waals surface area contributed by atoms with Crippen LogP contribution in [0.25, 0.3) is 0 Å². The minimum atomic E-state index is -0.497. The van der Waals surface area contributed by atoms with E-state index < -0.39 is 4.92 Å². The van der Waals surface area contributed by atoms with Crippen LogP contribution in [0.3, 0.4) is 0 Å². The van der Waals surface area contributed by atoms with E-state index >= 15 is 0 Å². The number of para-hydroxylation sites is 1. The molecule has 0 aliphatic carbocycles. The summed E-state index contributed by atoms with van der Waals surface area (Å²) in [6.45, 7) is -0.201. The first kappa shape index (κ1) is 14.3. The Morgan fingerprint density at radius 2 is 1.95 bits per heavy atom. The average Bonchev–Trinajstić information content (AvgIpc) is 2.46. The standard InChI is InChI=1S/C14H12ClNO4/c15-12-5-3-6-13(16(18)19)11(12)9-20-14-7-2-1-4-10(14)8-17/h1-7,17H,8-9H2. The molecule has 0 aliphatic rings. The summed E-state index contributed by atoms with van der Waals surface area (Å²) in [4.78, 5) is 10.5. The third kappa shape index (κ3) is 3.07. The van der Waals surface area contributed by atoms with Gasteiger partial charge in [0.05, 0.1) is 22.1 Å². The highest BCUT2D eigenvalue weighted by Gasteiger charge is 2.17. The minimum absolute atomic E-state index is 0.0347. The number of hydrogen-bond donors (Lipinski definition) is 1. The van der Waals surface area contributed by atoms with Crippen LogP contribution in [0.2, 0.25) is 5.02 Å². The number of nitro benzene ring substituents is 1. The molecule has 0 fully saturated rings. The fourth-order valence-electron chi connectivity index (χ4n) is 1.79. The zero-order valence-corrected chi connectivity index (χ0v) is 11.2. The summed E-state index contributed by atoms with van der Waals surface area (Å²) >= 11 is 5.98. The molecule has 0 heterocycles. The van der Waals surface area contributed by atoms with Crippen molar-refractivity contribution in [2.75, 3.05) is 0 Å². The van der Waals surface area contributed by atoms with Gasteiger partial charge in [0.15, 0.2) is 0 Å². The van der Waals surface area contributed by atoms with Crippen molar-refractivity contribution >= 4 is 17.3 Å². The summed E-state index contributed by atoms with van der Waals surface area (Å²) < 4.78 is 5.54. The summed E-state index contributed by atoms with van der Waals surface area (Å²) in [7, 11) is 0. The maximum atomic E-state index is 11.0. The molecular weight excluding hydrogens is 282 g/mol. The second kappa shape index (κ2) is 6.36. The lowest BCUT2D eigenvalue weighted by atomic mass is 10.2. The van der Waals surface area contributed by atoms with Crippen molar-refractivity contribution in [2.45, 2.75) is 13.2 Å². The predicted molar refractivity (Wildman–Crippen MR) is 74.8 cm³/mol. The number of benzene rings is 2. The van der Waals surface area contributed by atoms with Crippen LogP contribution in [0.4, 0.5) is 5.69 Å². The van der Waals surface area contributed by atoms with Crippen molar-refractivity contribution in [2.24, 2.45) is 0 Å². The summed E-state index contributed by atoms with van der Waals surface area (Å²) in [6, 6.07) is 11.4. The Bertz CT molecular complexity index is 630. The van der Waals surface area contributed by atoms with Crippen molar-refractivity contribution in [3.63, 3.8) is 0 Å². The van der Waals surface area contributed by atoms with Crippen LogP contribution in [-0.4, -0.2) is 10.0 Å². The number of nitro groups is 1. The zero-order chi connectivity index (χ0) is 14.5. The summed E-state index contributed by atoms with van der Waals surface area (Å²) in [5, 5.41) is 20.4. The first-order valence-electron chi connectivity index (χ1n) is 5.87. The minimum Gasteiger partial charge on any atom is -0.488 e. The summed E-state index contributed by atoms with van der Waals surface area (Å²) in [5.74, 6) is 0.476. The molecule has 6 heteroatoms. The van der Waals surface area contributed by atoms with Crippen LogP contribution in [0.15, 0.2) is 42.5 Å². The van der Waals surface area contributed by atoms with Gasteiger partial charge in [0, 0.05) is 11.6 Å². The smallest absolute Gasteiger partial charge is 0.277 e. The highest BCUT2D eigenvalue weighted by atomic mass is 35.5. The molecule has 2 aromatic carbocycles. The van der Waals surface area contributed by atoms with Crippen LogP contribution < -0.4 is 4.74 Å². The van der Waals surface area contributed by atoms with E-state index in [1.807, 2.05) is 0 Å². The molecule has 104 valence electrons. The van der Waals surface area contributed by atoms with E-state index in [1.54, 1.807) is 30.3 Å². The molecule has 0 unspecified atom stereocenters. The number of halogens is 1. The SMILES string of the molecule is O=[N+]([O-])c1cccc(Cl)c1COc1ccccc1CO. The number of hydrogen-bond acceptors (Lipinski definition) is 4. The molecule has 0 amide bonds. The number of aliphatic hydroxyl groups excluding tert-OH is 1. The van der Waals surface area contributed by atoms with Gasteiger partial charge in [0.25, 0.3) is 5.69 Å². The molecule has 2 aromatic rings.